The molecule has 0 saturated carbocycles. The molecule has 150 valence electrons. The van der Waals surface area contributed by atoms with Crippen LogP contribution in [0.3, 0.4) is 0 Å². The van der Waals surface area contributed by atoms with Gasteiger partial charge in [0.1, 0.15) is 6.54 Å². The van der Waals surface area contributed by atoms with Gasteiger partial charge >= 0.3 is 5.97 Å². The second-order valence-corrected chi connectivity index (χ2v) is 7.20. The first-order chi connectivity index (χ1) is 13.9. The fourth-order valence-electron chi connectivity index (χ4n) is 2.64. The molecule has 0 radical (unpaired) electrons. The van der Waals surface area contributed by atoms with E-state index < -0.39 is 11.9 Å². The van der Waals surface area contributed by atoms with Gasteiger partial charge in [-0.25, -0.2) is 14.5 Å². The number of hydrogen-bond acceptors (Lipinski definition) is 7. The molecule has 0 saturated heterocycles. The Labute approximate surface area is 171 Å². The molecule has 8 nitrogen and oxygen atoms in total. The molecule has 0 spiro atoms. The Balaban J connectivity index is 1.76. The van der Waals surface area contributed by atoms with Gasteiger partial charge in [-0.2, -0.15) is 5.10 Å². The quantitative estimate of drug-likeness (QED) is 0.625. The summed E-state index contributed by atoms with van der Waals surface area (Å²) in [5.41, 5.74) is 3.34. The predicted molar refractivity (Wildman–Crippen MR) is 110 cm³/mol. The summed E-state index contributed by atoms with van der Waals surface area (Å²) in [4.78, 5) is 40.2. The minimum atomic E-state index is -0.552. The first-order valence-electron chi connectivity index (χ1n) is 8.95. The van der Waals surface area contributed by atoms with E-state index in [-0.39, 0.29) is 29.5 Å². The van der Waals surface area contributed by atoms with Crippen LogP contribution >= 0.6 is 11.3 Å². The van der Waals surface area contributed by atoms with E-state index in [4.69, 9.17) is 4.74 Å². The highest BCUT2D eigenvalue weighted by Gasteiger charge is 2.14. The lowest BCUT2D eigenvalue weighted by Crippen LogP contribution is -2.29. The number of carbonyl (C=O) groups excluding carboxylic acids is 2. The number of thiazole rings is 1. The van der Waals surface area contributed by atoms with Gasteiger partial charge in [-0.1, -0.05) is 17.7 Å². The van der Waals surface area contributed by atoms with Crippen LogP contribution < -0.4 is 10.9 Å². The molecule has 0 atom stereocenters. The van der Waals surface area contributed by atoms with Crippen molar-refractivity contribution in [1.29, 1.82) is 0 Å². The summed E-state index contributed by atoms with van der Waals surface area (Å²) >= 11 is 1.10. The van der Waals surface area contributed by atoms with E-state index in [1.165, 1.54) is 11.4 Å². The van der Waals surface area contributed by atoms with Crippen molar-refractivity contribution in [2.45, 2.75) is 27.3 Å². The third-order valence-electron chi connectivity index (χ3n) is 4.06. The van der Waals surface area contributed by atoms with Gasteiger partial charge in [-0.15, -0.1) is 11.3 Å². The Hall–Kier alpha value is -3.33. The molecule has 29 heavy (non-hydrogen) atoms. The number of ether oxygens (including phenoxy) is 1. The topological polar surface area (TPSA) is 103 Å². The molecule has 0 unspecified atom stereocenters. The molecule has 0 aliphatic carbocycles. The summed E-state index contributed by atoms with van der Waals surface area (Å²) in [6.45, 7) is 5.60. The SMILES string of the molecule is CCOC(=O)c1csc(NC(=O)Cn2nc(-c3cc(C)ccc3C)ccc2=O)n1. The van der Waals surface area contributed by atoms with Crippen molar-refractivity contribution < 1.29 is 14.3 Å². The monoisotopic (exact) mass is 412 g/mol. The van der Waals surface area contributed by atoms with Crippen molar-refractivity contribution in [1.82, 2.24) is 14.8 Å². The van der Waals surface area contributed by atoms with Crippen LogP contribution in [-0.2, 0) is 16.1 Å². The smallest absolute Gasteiger partial charge is 0.357 e. The molecule has 0 bridgehead atoms. The van der Waals surface area contributed by atoms with Gasteiger partial charge in [-0.05, 0) is 38.5 Å². The molecule has 2 aromatic heterocycles. The minimum absolute atomic E-state index is 0.124. The van der Waals surface area contributed by atoms with Gasteiger partial charge < -0.3 is 10.1 Å². The lowest BCUT2D eigenvalue weighted by Gasteiger charge is -2.09. The number of benzene rings is 1. The molecule has 0 aliphatic rings. The zero-order valence-corrected chi connectivity index (χ0v) is 17.1. The summed E-state index contributed by atoms with van der Waals surface area (Å²) in [6.07, 6.45) is 0. The highest BCUT2D eigenvalue weighted by atomic mass is 32.1. The van der Waals surface area contributed by atoms with Crippen LogP contribution in [0.5, 0.6) is 0 Å². The van der Waals surface area contributed by atoms with Crippen molar-refractivity contribution in [2.75, 3.05) is 11.9 Å². The van der Waals surface area contributed by atoms with Crippen molar-refractivity contribution in [3.05, 3.63) is 62.9 Å². The number of hydrogen-bond donors (Lipinski definition) is 1. The van der Waals surface area contributed by atoms with Gasteiger partial charge in [0.15, 0.2) is 10.8 Å². The Morgan fingerprint density at radius 3 is 2.76 bits per heavy atom. The molecule has 9 heteroatoms. The number of nitrogens with one attached hydrogen (secondary N) is 1. The Bertz CT molecular complexity index is 1120. The highest BCUT2D eigenvalue weighted by molar-refractivity contribution is 7.14. The lowest BCUT2D eigenvalue weighted by molar-refractivity contribution is -0.117. The summed E-state index contributed by atoms with van der Waals surface area (Å²) in [6, 6.07) is 9.00. The Morgan fingerprint density at radius 2 is 2.00 bits per heavy atom. The average Bonchev–Trinajstić information content (AvgIpc) is 3.14. The summed E-state index contributed by atoms with van der Waals surface area (Å²) in [5.74, 6) is -1.02. The molecule has 3 rings (SSSR count). The molecule has 3 aromatic rings. The van der Waals surface area contributed by atoms with E-state index in [0.29, 0.717) is 5.69 Å². The van der Waals surface area contributed by atoms with Crippen molar-refractivity contribution in [3.63, 3.8) is 0 Å². The van der Waals surface area contributed by atoms with Crippen LogP contribution in [0.4, 0.5) is 5.13 Å². The van der Waals surface area contributed by atoms with Crippen LogP contribution in [0.2, 0.25) is 0 Å². The molecule has 0 aliphatic heterocycles. The number of esters is 1. The third-order valence-corrected chi connectivity index (χ3v) is 4.82. The van der Waals surface area contributed by atoms with Crippen molar-refractivity contribution in [2.24, 2.45) is 0 Å². The second kappa shape index (κ2) is 8.78. The lowest BCUT2D eigenvalue weighted by atomic mass is 10.0. The predicted octanol–water partition coefficient (Wildman–Crippen LogP) is 2.80. The number of anilines is 1. The van der Waals surface area contributed by atoms with Crippen LogP contribution in [0, 0.1) is 13.8 Å². The number of amides is 1. The average molecular weight is 412 g/mol. The molecule has 2 heterocycles. The maximum absolute atomic E-state index is 12.3. The van der Waals surface area contributed by atoms with Gasteiger partial charge in [0.25, 0.3) is 5.56 Å². The zero-order valence-electron chi connectivity index (χ0n) is 16.3. The van der Waals surface area contributed by atoms with Crippen LogP contribution in [0.25, 0.3) is 11.3 Å². The fraction of sp³-hybridized carbons (Fsp3) is 0.250. The van der Waals surface area contributed by atoms with E-state index in [9.17, 15) is 14.4 Å². The van der Waals surface area contributed by atoms with Gasteiger partial charge in [0.2, 0.25) is 5.91 Å². The van der Waals surface area contributed by atoms with Gasteiger partial charge in [0.05, 0.1) is 12.3 Å². The first-order valence-corrected chi connectivity index (χ1v) is 9.83. The largest absolute Gasteiger partial charge is 0.461 e. The number of nitrogens with zero attached hydrogens (tertiary/aromatic N) is 3. The highest BCUT2D eigenvalue weighted by Crippen LogP contribution is 2.21. The Kier molecular flexibility index (Phi) is 6.18. The van der Waals surface area contributed by atoms with E-state index in [0.717, 1.165) is 32.7 Å². The molecule has 1 N–H and O–H groups in total. The fourth-order valence-corrected chi connectivity index (χ4v) is 3.34. The molecular weight excluding hydrogens is 392 g/mol. The van der Waals surface area contributed by atoms with Crippen molar-refractivity contribution >= 4 is 28.3 Å². The number of aryl methyl sites for hydroxylation is 2. The van der Waals surface area contributed by atoms with Gasteiger partial charge in [0, 0.05) is 17.0 Å². The molecule has 1 amide bonds. The molecule has 1 aromatic carbocycles. The molecular formula is C20H20N4O4S. The van der Waals surface area contributed by atoms with E-state index in [1.807, 2.05) is 32.0 Å². The van der Waals surface area contributed by atoms with Gasteiger partial charge in [-0.3, -0.25) is 9.59 Å². The normalized spacial score (nSPS) is 10.6. The number of carbonyl (C=O) groups is 2. The summed E-state index contributed by atoms with van der Waals surface area (Å²) in [7, 11) is 0. The number of rotatable bonds is 6. The maximum atomic E-state index is 12.3. The summed E-state index contributed by atoms with van der Waals surface area (Å²) < 4.78 is 5.97. The van der Waals surface area contributed by atoms with E-state index in [1.54, 1.807) is 13.0 Å². The van der Waals surface area contributed by atoms with Crippen LogP contribution in [0.15, 0.2) is 40.5 Å². The Morgan fingerprint density at radius 1 is 1.21 bits per heavy atom. The maximum Gasteiger partial charge on any atom is 0.357 e. The van der Waals surface area contributed by atoms with Crippen LogP contribution in [0.1, 0.15) is 28.5 Å². The van der Waals surface area contributed by atoms with E-state index in [2.05, 4.69) is 15.4 Å². The zero-order chi connectivity index (χ0) is 21.0. The van der Waals surface area contributed by atoms with E-state index >= 15 is 0 Å². The molecule has 0 fully saturated rings. The second-order valence-electron chi connectivity index (χ2n) is 6.34. The number of aromatic nitrogens is 3. The van der Waals surface area contributed by atoms with Crippen LogP contribution in [-0.4, -0.2) is 33.2 Å². The summed E-state index contributed by atoms with van der Waals surface area (Å²) in [5, 5.41) is 8.66. The first kappa shape index (κ1) is 20.4. The minimum Gasteiger partial charge on any atom is -0.461 e. The van der Waals surface area contributed by atoms with Crippen molar-refractivity contribution in [3.8, 4) is 11.3 Å². The standard InChI is InChI=1S/C20H20N4O4S/c1-4-28-19(27)16-11-29-20(21-16)22-17(25)10-24-18(26)8-7-15(23-24)14-9-12(2)5-6-13(14)3/h5-9,11H,4,10H2,1-3H3,(H,21,22,25). The third kappa shape index (κ3) is 4.94.